The number of likely N-dealkylation sites (tertiary alicyclic amines) is 1. The second-order valence-corrected chi connectivity index (χ2v) is 9.00. The van der Waals surface area contributed by atoms with Crippen LogP contribution in [0, 0.1) is 11.7 Å². The van der Waals surface area contributed by atoms with Crippen molar-refractivity contribution in [1.29, 1.82) is 0 Å². The van der Waals surface area contributed by atoms with Gasteiger partial charge >= 0.3 is 0 Å². The fourth-order valence-corrected chi connectivity index (χ4v) is 4.83. The average Bonchev–Trinajstić information content (AvgIpc) is 2.81. The molecule has 0 unspecified atom stereocenters. The molecule has 2 aliphatic rings. The zero-order valence-corrected chi connectivity index (χ0v) is 20.9. The number of anilines is 1. The van der Waals surface area contributed by atoms with Gasteiger partial charge in [0.05, 0.1) is 17.3 Å². The number of hydrogen-bond donors (Lipinski definition) is 3. The van der Waals surface area contributed by atoms with Crippen LogP contribution in [-0.2, 0) is 4.79 Å². The van der Waals surface area contributed by atoms with Crippen molar-refractivity contribution < 1.29 is 14.3 Å². The van der Waals surface area contributed by atoms with E-state index in [1.165, 1.54) is 6.20 Å². The van der Waals surface area contributed by atoms with Crippen LogP contribution >= 0.6 is 34.2 Å². The zero-order valence-electron chi connectivity index (χ0n) is 18.0. The summed E-state index contributed by atoms with van der Waals surface area (Å²) in [5.74, 6) is -0.0936. The molecule has 1 aromatic rings. The topological polar surface area (TPSA) is 90.4 Å². The second-order valence-electron chi connectivity index (χ2n) is 7.94. The third-order valence-electron chi connectivity index (χ3n) is 5.64. The largest absolute Gasteiger partial charge is 0.387 e. The van der Waals surface area contributed by atoms with Crippen molar-refractivity contribution in [3.8, 4) is 0 Å². The number of carbonyl (C=O) groups is 1. The number of allylic oxidation sites excluding steroid dienone is 2. The molecule has 32 heavy (non-hydrogen) atoms. The van der Waals surface area contributed by atoms with Crippen LogP contribution < -0.4 is 10.6 Å². The summed E-state index contributed by atoms with van der Waals surface area (Å²) < 4.78 is 16.4. The number of nitrogens with one attached hydrogen (secondary N) is 2. The molecule has 0 aliphatic carbocycles. The molecule has 10 heteroatoms. The monoisotopic (exact) mass is 575 g/mol. The van der Waals surface area contributed by atoms with E-state index in [-0.39, 0.29) is 23.7 Å². The molecular formula is C22H28ClFIN5O2. The molecule has 0 spiro atoms. The predicted molar refractivity (Wildman–Crippen MR) is 133 cm³/mol. The maximum atomic E-state index is 14.5. The summed E-state index contributed by atoms with van der Waals surface area (Å²) in [5.41, 5.74) is 1.76. The number of halogens is 3. The molecule has 0 saturated carbocycles. The van der Waals surface area contributed by atoms with Crippen molar-refractivity contribution in [1.82, 2.24) is 20.2 Å². The SMILES string of the molecule is CCC[C@@H]1NC=C(Cl)C=C1/C(=C\I)c1ncc(F)c(NC[C@H]2CCCN(C(=O)CO)C2)n1. The Kier molecular flexibility index (Phi) is 9.30. The number of hydrogen-bond acceptors (Lipinski definition) is 6. The first-order valence-electron chi connectivity index (χ1n) is 10.8. The molecule has 3 heterocycles. The van der Waals surface area contributed by atoms with E-state index in [0.29, 0.717) is 30.5 Å². The summed E-state index contributed by atoms with van der Waals surface area (Å²) in [4.78, 5) is 22.1. The van der Waals surface area contributed by atoms with Gasteiger partial charge in [0, 0.05) is 31.4 Å². The highest BCUT2D eigenvalue weighted by molar-refractivity contribution is 14.1. The summed E-state index contributed by atoms with van der Waals surface area (Å²) in [5, 5.41) is 16.1. The number of rotatable bonds is 8. The van der Waals surface area contributed by atoms with Gasteiger partial charge in [-0.05, 0) is 40.9 Å². The van der Waals surface area contributed by atoms with Gasteiger partial charge in [0.25, 0.3) is 0 Å². The highest BCUT2D eigenvalue weighted by Crippen LogP contribution is 2.31. The standard InChI is InChI=1S/C22H28ClFIN5O2/c1-2-4-19-16(7-15(23)10-26-19)17(8-25)21-28-11-18(24)22(29-21)27-9-14-5-3-6-30(12-14)20(32)13-31/h7-8,10-11,14,19,26,31H,2-6,9,12-13H2,1H3,(H,27,28,29)/b17-8+/t14-,19+/m1/s1. The van der Waals surface area contributed by atoms with E-state index in [9.17, 15) is 9.18 Å². The molecule has 2 atom stereocenters. The average molecular weight is 576 g/mol. The fourth-order valence-electron chi connectivity index (χ4n) is 4.01. The van der Waals surface area contributed by atoms with E-state index >= 15 is 0 Å². The maximum Gasteiger partial charge on any atom is 0.248 e. The molecule has 7 nitrogen and oxygen atoms in total. The second kappa shape index (κ2) is 11.9. The van der Waals surface area contributed by atoms with Crippen molar-refractivity contribution >= 4 is 51.5 Å². The van der Waals surface area contributed by atoms with Gasteiger partial charge in [-0.1, -0.05) is 47.5 Å². The number of carbonyl (C=O) groups excluding carboxylic acids is 1. The molecular weight excluding hydrogens is 548 g/mol. The van der Waals surface area contributed by atoms with Crippen LogP contribution in [0.25, 0.3) is 5.57 Å². The minimum Gasteiger partial charge on any atom is -0.387 e. The lowest BCUT2D eigenvalue weighted by atomic mass is 9.93. The molecule has 3 rings (SSSR count). The van der Waals surface area contributed by atoms with Crippen LogP contribution in [0.5, 0.6) is 0 Å². The zero-order chi connectivity index (χ0) is 23.1. The Balaban J connectivity index is 1.76. The normalized spacial score (nSPS) is 21.5. The van der Waals surface area contributed by atoms with Gasteiger partial charge in [-0.25, -0.2) is 14.4 Å². The van der Waals surface area contributed by atoms with Gasteiger partial charge in [-0.2, -0.15) is 0 Å². The van der Waals surface area contributed by atoms with Crippen LogP contribution in [0.2, 0.25) is 0 Å². The Bertz CT molecular complexity index is 924. The Morgan fingerprint density at radius 2 is 2.34 bits per heavy atom. The molecule has 0 radical (unpaired) electrons. The Hall–Kier alpha value is -1.72. The lowest BCUT2D eigenvalue weighted by Crippen LogP contribution is -2.43. The molecule has 1 amide bonds. The molecule has 0 aromatic carbocycles. The van der Waals surface area contributed by atoms with Crippen LogP contribution in [0.4, 0.5) is 10.2 Å². The molecule has 1 aromatic heterocycles. The highest BCUT2D eigenvalue weighted by Gasteiger charge is 2.25. The van der Waals surface area contributed by atoms with Crippen molar-refractivity contribution in [2.24, 2.45) is 5.92 Å². The first-order chi connectivity index (χ1) is 15.5. The molecule has 0 bridgehead atoms. The van der Waals surface area contributed by atoms with E-state index in [1.54, 1.807) is 11.1 Å². The van der Waals surface area contributed by atoms with Gasteiger partial charge in [0.15, 0.2) is 17.5 Å². The van der Waals surface area contributed by atoms with Gasteiger partial charge < -0.3 is 20.6 Å². The minimum atomic E-state index is -0.528. The van der Waals surface area contributed by atoms with Crippen molar-refractivity contribution in [3.63, 3.8) is 0 Å². The highest BCUT2D eigenvalue weighted by atomic mass is 127. The van der Waals surface area contributed by atoms with Gasteiger partial charge in [0.1, 0.15) is 6.61 Å². The number of piperidine rings is 1. The smallest absolute Gasteiger partial charge is 0.248 e. The summed E-state index contributed by atoms with van der Waals surface area (Å²) >= 11 is 8.38. The van der Waals surface area contributed by atoms with E-state index in [2.05, 4.69) is 50.1 Å². The summed E-state index contributed by atoms with van der Waals surface area (Å²) in [6.45, 7) is 3.28. The maximum absolute atomic E-state index is 14.5. The van der Waals surface area contributed by atoms with Crippen molar-refractivity contribution in [2.75, 3.05) is 31.6 Å². The van der Waals surface area contributed by atoms with Gasteiger partial charge in [-0.3, -0.25) is 4.79 Å². The lowest BCUT2D eigenvalue weighted by Gasteiger charge is -2.32. The van der Waals surface area contributed by atoms with Crippen molar-refractivity contribution in [2.45, 2.75) is 38.6 Å². The Labute approximate surface area is 206 Å². The number of dihydropyridines is 1. The van der Waals surface area contributed by atoms with Crippen LogP contribution in [-0.4, -0.2) is 58.2 Å². The van der Waals surface area contributed by atoms with E-state index in [1.807, 2.05) is 10.2 Å². The number of aromatic nitrogens is 2. The first-order valence-corrected chi connectivity index (χ1v) is 12.4. The number of nitrogens with zero attached hydrogens (tertiary/aromatic N) is 3. The Morgan fingerprint density at radius 3 is 3.06 bits per heavy atom. The lowest BCUT2D eigenvalue weighted by molar-refractivity contribution is -0.135. The van der Waals surface area contributed by atoms with Gasteiger partial charge in [-0.15, -0.1) is 0 Å². The quantitative estimate of drug-likeness (QED) is 0.409. The Morgan fingerprint density at radius 1 is 1.53 bits per heavy atom. The first kappa shape index (κ1) is 24.9. The van der Waals surface area contributed by atoms with Gasteiger partial charge in [0.2, 0.25) is 5.91 Å². The van der Waals surface area contributed by atoms with E-state index < -0.39 is 12.4 Å². The summed E-state index contributed by atoms with van der Waals surface area (Å²) in [7, 11) is 0. The third kappa shape index (κ3) is 6.20. The van der Waals surface area contributed by atoms with Crippen LogP contribution in [0.3, 0.4) is 0 Å². The van der Waals surface area contributed by atoms with Crippen LogP contribution in [0.15, 0.2) is 33.2 Å². The molecule has 1 fully saturated rings. The summed E-state index contributed by atoms with van der Waals surface area (Å²) in [6, 6.07) is 0.0749. The van der Waals surface area contributed by atoms with E-state index in [4.69, 9.17) is 16.7 Å². The summed E-state index contributed by atoms with van der Waals surface area (Å²) in [6.07, 6.45) is 8.53. The number of aliphatic hydroxyl groups excluding tert-OH is 1. The molecule has 1 saturated heterocycles. The van der Waals surface area contributed by atoms with E-state index in [0.717, 1.165) is 36.8 Å². The minimum absolute atomic E-state index is 0.0749. The molecule has 3 N–H and O–H groups in total. The number of aliphatic hydroxyl groups is 1. The predicted octanol–water partition coefficient (Wildman–Crippen LogP) is 3.81. The third-order valence-corrected chi connectivity index (χ3v) is 6.48. The number of amides is 1. The fraction of sp³-hybridized carbons (Fsp3) is 0.500. The van der Waals surface area contributed by atoms with Crippen LogP contribution in [0.1, 0.15) is 38.4 Å². The molecule has 174 valence electrons. The van der Waals surface area contributed by atoms with Crippen molar-refractivity contribution in [3.05, 3.63) is 44.8 Å². The molecule has 2 aliphatic heterocycles.